The molecule has 4 rings (SSSR count). The number of hydrogen-bond acceptors (Lipinski definition) is 4. The molecule has 7 nitrogen and oxygen atoms in total. The first kappa shape index (κ1) is 27.4. The van der Waals surface area contributed by atoms with Gasteiger partial charge in [0.15, 0.2) is 11.6 Å². The molecule has 2 atom stereocenters. The van der Waals surface area contributed by atoms with Gasteiger partial charge in [-0.15, -0.1) is 0 Å². The summed E-state index contributed by atoms with van der Waals surface area (Å²) in [5, 5.41) is 14.9. The van der Waals surface area contributed by atoms with E-state index in [1.807, 2.05) is 0 Å². The number of anilines is 2. The van der Waals surface area contributed by atoms with Gasteiger partial charge in [0.05, 0.1) is 18.0 Å². The molecule has 0 spiro atoms. The molecule has 3 aromatic rings. The monoisotopic (exact) mass is 545 g/mol. The number of benzene rings is 3. The van der Waals surface area contributed by atoms with Crippen LogP contribution in [0.25, 0.3) is 11.1 Å². The lowest BCUT2D eigenvalue weighted by Crippen LogP contribution is -2.46. The molecule has 1 unspecified atom stereocenters. The van der Waals surface area contributed by atoms with Crippen LogP contribution in [-0.4, -0.2) is 49.6 Å². The molecule has 0 radical (unpaired) electrons. The minimum atomic E-state index is -2.81. The highest BCUT2D eigenvalue weighted by Gasteiger charge is 2.43. The summed E-state index contributed by atoms with van der Waals surface area (Å²) in [4.78, 5) is 26.6. The minimum absolute atomic E-state index is 0.106. The quantitative estimate of drug-likeness (QED) is 0.398. The summed E-state index contributed by atoms with van der Waals surface area (Å²) in [6, 6.07) is 11.0. The molecule has 0 bridgehead atoms. The highest BCUT2D eigenvalue weighted by Crippen LogP contribution is 2.41. The Morgan fingerprint density at radius 1 is 1.05 bits per heavy atom. The zero-order chi connectivity index (χ0) is 27.8. The Balaban J connectivity index is 1.60. The van der Waals surface area contributed by atoms with Gasteiger partial charge in [0, 0.05) is 23.3 Å². The van der Waals surface area contributed by atoms with Crippen LogP contribution in [0, 0.1) is 30.3 Å². The Bertz CT molecular complexity index is 1460. The van der Waals surface area contributed by atoms with Crippen LogP contribution in [-0.2, 0) is 9.36 Å². The van der Waals surface area contributed by atoms with Crippen LogP contribution in [0.5, 0.6) is 0 Å². The number of urea groups is 1. The number of rotatable bonds is 6. The summed E-state index contributed by atoms with van der Waals surface area (Å²) in [6.45, 7) is 4.03. The third-order valence-electron chi connectivity index (χ3n) is 6.44. The van der Waals surface area contributed by atoms with Crippen molar-refractivity contribution >= 4 is 35.8 Å². The fraction of sp³-hybridized carbons (Fsp3) is 0.259. The van der Waals surface area contributed by atoms with E-state index in [0.717, 1.165) is 4.90 Å². The number of carbonyl (C=O) groups is 2. The van der Waals surface area contributed by atoms with Gasteiger partial charge in [-0.25, -0.2) is 18.0 Å². The number of aryl methyl sites for hydroxylation is 1. The van der Waals surface area contributed by atoms with Gasteiger partial charge in [0.1, 0.15) is 19.0 Å². The molecule has 3 aromatic carbocycles. The summed E-state index contributed by atoms with van der Waals surface area (Å²) in [5.41, 5.74) is 0.355. The van der Waals surface area contributed by atoms with Crippen molar-refractivity contribution in [2.45, 2.75) is 13.0 Å². The third kappa shape index (κ3) is 5.33. The maximum atomic E-state index is 15.3. The van der Waals surface area contributed by atoms with Gasteiger partial charge < -0.3 is 25.2 Å². The third-order valence-corrected chi connectivity index (χ3v) is 7.99. The second-order valence-corrected chi connectivity index (χ2v) is 12.8. The molecular formula is C27H27F3N3O4P. The minimum Gasteiger partial charge on any atom is -0.396 e. The number of halogens is 3. The van der Waals surface area contributed by atoms with Crippen molar-refractivity contribution in [3.8, 4) is 11.1 Å². The summed E-state index contributed by atoms with van der Waals surface area (Å²) in [7, 11) is -2.81. The van der Waals surface area contributed by atoms with E-state index in [4.69, 9.17) is 0 Å². The molecule has 1 fully saturated rings. The number of carbonyl (C=O) groups excluding carboxylic acids is 2. The van der Waals surface area contributed by atoms with E-state index in [2.05, 4.69) is 10.6 Å². The van der Waals surface area contributed by atoms with E-state index in [-0.39, 0.29) is 29.0 Å². The van der Waals surface area contributed by atoms with Crippen LogP contribution in [0.15, 0.2) is 54.6 Å². The number of aliphatic hydroxyl groups is 1. The predicted octanol–water partition coefficient (Wildman–Crippen LogP) is 4.47. The number of aliphatic hydroxyl groups excluding tert-OH is 1. The molecule has 3 amide bonds. The van der Waals surface area contributed by atoms with Crippen molar-refractivity contribution in [2.75, 3.05) is 36.7 Å². The van der Waals surface area contributed by atoms with E-state index < -0.39 is 55.1 Å². The van der Waals surface area contributed by atoms with Gasteiger partial charge in [0.25, 0.3) is 0 Å². The van der Waals surface area contributed by atoms with Crippen molar-refractivity contribution in [3.05, 3.63) is 77.6 Å². The molecule has 1 aliphatic heterocycles. The molecule has 38 heavy (non-hydrogen) atoms. The smallest absolute Gasteiger partial charge is 0.319 e. The maximum absolute atomic E-state index is 15.3. The summed E-state index contributed by atoms with van der Waals surface area (Å²) >= 11 is 0. The molecule has 0 aromatic heterocycles. The lowest BCUT2D eigenvalue weighted by molar-refractivity contribution is -0.119. The SMILES string of the molecule is Cc1ccc(NC(=O)N[C@H]2C(=O)N(c3ccc(-c4ccccc4P(C)(C)=O)c(F)c3F)CC2CO)c(F)c1. The lowest BCUT2D eigenvalue weighted by Gasteiger charge is -2.20. The molecule has 1 heterocycles. The van der Waals surface area contributed by atoms with Gasteiger partial charge in [-0.1, -0.05) is 30.3 Å². The lowest BCUT2D eigenvalue weighted by atomic mass is 10.0. The van der Waals surface area contributed by atoms with Gasteiger partial charge >= 0.3 is 6.03 Å². The topological polar surface area (TPSA) is 98.7 Å². The molecule has 1 saturated heterocycles. The largest absolute Gasteiger partial charge is 0.396 e. The first-order chi connectivity index (χ1) is 17.9. The Kier molecular flexibility index (Phi) is 7.67. The van der Waals surface area contributed by atoms with Crippen LogP contribution in [0.4, 0.5) is 29.3 Å². The van der Waals surface area contributed by atoms with Crippen LogP contribution in [0.2, 0.25) is 0 Å². The first-order valence-corrected chi connectivity index (χ1v) is 14.4. The van der Waals surface area contributed by atoms with Crippen molar-refractivity contribution in [2.24, 2.45) is 5.92 Å². The molecular weight excluding hydrogens is 518 g/mol. The Morgan fingerprint density at radius 2 is 1.76 bits per heavy atom. The van der Waals surface area contributed by atoms with Gasteiger partial charge in [-0.2, -0.15) is 0 Å². The normalized spacial score (nSPS) is 17.6. The Hall–Kier alpha value is -3.62. The zero-order valence-electron chi connectivity index (χ0n) is 21.0. The Morgan fingerprint density at radius 3 is 2.42 bits per heavy atom. The van der Waals surface area contributed by atoms with E-state index in [9.17, 15) is 23.7 Å². The average Bonchev–Trinajstić information content (AvgIpc) is 3.17. The highest BCUT2D eigenvalue weighted by atomic mass is 31.2. The van der Waals surface area contributed by atoms with E-state index in [1.54, 1.807) is 37.3 Å². The van der Waals surface area contributed by atoms with Crippen LogP contribution in [0.1, 0.15) is 5.56 Å². The Labute approximate surface area is 218 Å². The molecule has 3 N–H and O–H groups in total. The molecule has 1 aliphatic rings. The number of amides is 3. The average molecular weight is 545 g/mol. The fourth-order valence-corrected chi connectivity index (χ4v) is 5.73. The van der Waals surface area contributed by atoms with Gasteiger partial charge in [0.2, 0.25) is 5.91 Å². The first-order valence-electron chi connectivity index (χ1n) is 11.8. The number of nitrogens with zero attached hydrogens (tertiary/aromatic N) is 1. The molecule has 11 heteroatoms. The highest BCUT2D eigenvalue weighted by molar-refractivity contribution is 7.70. The summed E-state index contributed by atoms with van der Waals surface area (Å²) in [5.74, 6) is -4.77. The van der Waals surface area contributed by atoms with E-state index >= 15 is 8.78 Å². The summed E-state index contributed by atoms with van der Waals surface area (Å²) < 4.78 is 57.5. The number of hydrogen-bond donors (Lipinski definition) is 3. The summed E-state index contributed by atoms with van der Waals surface area (Å²) in [6.07, 6.45) is 0. The van der Waals surface area contributed by atoms with Crippen LogP contribution in [0.3, 0.4) is 0 Å². The van der Waals surface area contributed by atoms with Gasteiger partial charge in [-0.3, -0.25) is 4.79 Å². The molecule has 0 aliphatic carbocycles. The molecule has 0 saturated carbocycles. The van der Waals surface area contributed by atoms with Gasteiger partial charge in [-0.05, 0) is 55.6 Å². The van der Waals surface area contributed by atoms with Crippen LogP contribution >= 0.6 is 7.14 Å². The predicted molar refractivity (Wildman–Crippen MR) is 141 cm³/mol. The zero-order valence-corrected chi connectivity index (χ0v) is 21.9. The number of nitrogens with one attached hydrogen (secondary N) is 2. The van der Waals surface area contributed by atoms with Crippen LogP contribution < -0.4 is 20.8 Å². The van der Waals surface area contributed by atoms with E-state index in [1.165, 1.54) is 37.6 Å². The second-order valence-electron chi connectivity index (χ2n) is 9.58. The van der Waals surface area contributed by atoms with Crippen molar-refractivity contribution < 1.29 is 32.4 Å². The fourth-order valence-electron chi connectivity index (χ4n) is 4.51. The van der Waals surface area contributed by atoms with Crippen molar-refractivity contribution in [1.82, 2.24) is 5.32 Å². The van der Waals surface area contributed by atoms with E-state index in [0.29, 0.717) is 10.9 Å². The molecule has 200 valence electrons. The second kappa shape index (κ2) is 10.6. The van der Waals surface area contributed by atoms with Crippen molar-refractivity contribution in [1.29, 1.82) is 0 Å². The van der Waals surface area contributed by atoms with Crippen molar-refractivity contribution in [3.63, 3.8) is 0 Å². The maximum Gasteiger partial charge on any atom is 0.319 e. The standard InChI is InChI=1S/C27H27F3N3O4P/c1-15-8-10-20(19(28)12-15)31-27(36)32-25-16(14-34)13-33(26(25)35)21-11-9-18(23(29)24(21)30)17-6-4-5-7-22(17)38(2,3)37/h4-12,16,25,34H,13-14H2,1-3H3,(H2,31,32,36)/t16?,25-/m1/s1.